The zero-order valence-corrected chi connectivity index (χ0v) is 18.7. The molecule has 2 heterocycles. The van der Waals surface area contributed by atoms with Gasteiger partial charge in [-0.2, -0.15) is 0 Å². The van der Waals surface area contributed by atoms with E-state index in [2.05, 4.69) is 53.4 Å². The van der Waals surface area contributed by atoms with E-state index in [1.54, 1.807) is 0 Å². The molecule has 0 radical (unpaired) electrons. The molecule has 1 atom stereocenters. The largest absolute Gasteiger partial charge is 0.485 e. The van der Waals surface area contributed by atoms with Crippen molar-refractivity contribution in [1.29, 1.82) is 0 Å². The normalized spacial score (nSPS) is 20.5. The number of hydrogen-bond donors (Lipinski definition) is 0. The standard InChI is InChI=1S/C28H28N2O3/c31-28(26-19-32-24-11-5-6-12-25(24)33-26)30-17-15-29(16-18-30)27-22-9-3-1-7-20(22)13-14-21-8-2-4-10-23(21)27/h1-12,26-27H,13-19H2. The van der Waals surface area contributed by atoms with E-state index in [1.807, 2.05) is 29.2 Å². The molecule has 6 rings (SSSR count). The first-order valence-corrected chi connectivity index (χ1v) is 11.8. The molecule has 3 aliphatic rings. The zero-order chi connectivity index (χ0) is 22.2. The van der Waals surface area contributed by atoms with Gasteiger partial charge in [-0.15, -0.1) is 0 Å². The van der Waals surface area contributed by atoms with Crippen LogP contribution in [0.3, 0.4) is 0 Å². The average molecular weight is 441 g/mol. The van der Waals surface area contributed by atoms with Crippen molar-refractivity contribution in [2.24, 2.45) is 0 Å². The van der Waals surface area contributed by atoms with Gasteiger partial charge in [0, 0.05) is 26.2 Å². The molecule has 33 heavy (non-hydrogen) atoms. The molecule has 5 nitrogen and oxygen atoms in total. The molecule has 5 heteroatoms. The third-order valence-electron chi connectivity index (χ3n) is 7.14. The highest BCUT2D eigenvalue weighted by atomic mass is 16.6. The van der Waals surface area contributed by atoms with E-state index in [-0.39, 0.29) is 18.6 Å². The summed E-state index contributed by atoms with van der Waals surface area (Å²) < 4.78 is 11.7. The van der Waals surface area contributed by atoms with Crippen LogP contribution in [-0.4, -0.2) is 54.6 Å². The summed E-state index contributed by atoms with van der Waals surface area (Å²) in [5, 5.41) is 0. The number of ether oxygens (including phenoxy) is 2. The first-order valence-electron chi connectivity index (χ1n) is 11.8. The van der Waals surface area contributed by atoms with Crippen molar-refractivity contribution >= 4 is 5.91 Å². The van der Waals surface area contributed by atoms with Crippen LogP contribution in [-0.2, 0) is 17.6 Å². The van der Waals surface area contributed by atoms with Gasteiger partial charge in [0.2, 0.25) is 6.10 Å². The fraction of sp³-hybridized carbons (Fsp3) is 0.321. The van der Waals surface area contributed by atoms with E-state index in [0.717, 1.165) is 25.9 Å². The maximum atomic E-state index is 13.2. The van der Waals surface area contributed by atoms with Gasteiger partial charge in [0.15, 0.2) is 11.5 Å². The number of para-hydroxylation sites is 2. The number of hydrogen-bond acceptors (Lipinski definition) is 4. The Morgan fingerprint density at radius 3 is 1.97 bits per heavy atom. The average Bonchev–Trinajstić information content (AvgIpc) is 3.05. The van der Waals surface area contributed by atoms with Crippen LogP contribution in [0, 0.1) is 0 Å². The van der Waals surface area contributed by atoms with Crippen LogP contribution in [0.1, 0.15) is 28.3 Å². The summed E-state index contributed by atoms with van der Waals surface area (Å²) in [6.45, 7) is 3.33. The summed E-state index contributed by atoms with van der Waals surface area (Å²) in [6, 6.07) is 25.5. The van der Waals surface area contributed by atoms with Crippen molar-refractivity contribution in [2.45, 2.75) is 25.0 Å². The molecule has 1 saturated heterocycles. The Bertz CT molecular complexity index is 1120. The quantitative estimate of drug-likeness (QED) is 0.607. The molecule has 2 aliphatic heterocycles. The smallest absolute Gasteiger partial charge is 0.267 e. The zero-order valence-electron chi connectivity index (χ0n) is 18.7. The number of rotatable bonds is 2. The van der Waals surface area contributed by atoms with Crippen LogP contribution in [0.15, 0.2) is 72.8 Å². The highest BCUT2D eigenvalue weighted by molar-refractivity contribution is 5.82. The second-order valence-electron chi connectivity index (χ2n) is 9.03. The van der Waals surface area contributed by atoms with Gasteiger partial charge >= 0.3 is 0 Å². The number of aryl methyl sites for hydroxylation is 2. The van der Waals surface area contributed by atoms with Crippen LogP contribution in [0.4, 0.5) is 0 Å². The lowest BCUT2D eigenvalue weighted by molar-refractivity contribution is -0.143. The minimum Gasteiger partial charge on any atom is -0.485 e. The van der Waals surface area contributed by atoms with Crippen molar-refractivity contribution in [2.75, 3.05) is 32.8 Å². The molecule has 0 bridgehead atoms. The number of fused-ring (bicyclic) bond motifs is 3. The Balaban J connectivity index is 1.20. The Labute approximate surface area is 194 Å². The predicted molar refractivity (Wildman–Crippen MR) is 127 cm³/mol. The topological polar surface area (TPSA) is 42.0 Å². The number of carbonyl (C=O) groups excluding carboxylic acids is 1. The molecular formula is C28H28N2O3. The monoisotopic (exact) mass is 440 g/mol. The van der Waals surface area contributed by atoms with Crippen molar-refractivity contribution in [3.05, 3.63) is 95.1 Å². The molecule has 1 unspecified atom stereocenters. The van der Waals surface area contributed by atoms with Gasteiger partial charge < -0.3 is 14.4 Å². The van der Waals surface area contributed by atoms with E-state index < -0.39 is 6.10 Å². The van der Waals surface area contributed by atoms with Crippen molar-refractivity contribution < 1.29 is 14.3 Å². The Kier molecular flexibility index (Phi) is 5.27. The Morgan fingerprint density at radius 2 is 1.30 bits per heavy atom. The van der Waals surface area contributed by atoms with Gasteiger partial charge in [-0.25, -0.2) is 0 Å². The van der Waals surface area contributed by atoms with Gasteiger partial charge in [0.25, 0.3) is 5.91 Å². The van der Waals surface area contributed by atoms with Gasteiger partial charge in [0.05, 0.1) is 6.04 Å². The molecule has 0 N–H and O–H groups in total. The van der Waals surface area contributed by atoms with Gasteiger partial charge in [-0.1, -0.05) is 60.7 Å². The second-order valence-corrected chi connectivity index (χ2v) is 9.03. The maximum absolute atomic E-state index is 13.2. The molecule has 168 valence electrons. The fourth-order valence-corrected chi connectivity index (χ4v) is 5.43. The summed E-state index contributed by atoms with van der Waals surface area (Å²) >= 11 is 0. The number of carbonyl (C=O) groups is 1. The van der Waals surface area contributed by atoms with Crippen molar-refractivity contribution in [3.8, 4) is 11.5 Å². The molecule has 1 fully saturated rings. The SMILES string of the molecule is O=C(C1COc2ccccc2O1)N1CCN(C2c3ccccc3CCc3ccccc32)CC1. The highest BCUT2D eigenvalue weighted by Gasteiger charge is 2.35. The number of nitrogens with zero attached hydrogens (tertiary/aromatic N) is 2. The Hall–Kier alpha value is -3.31. The lowest BCUT2D eigenvalue weighted by atomic mass is 9.92. The highest BCUT2D eigenvalue weighted by Crippen LogP contribution is 2.37. The third kappa shape index (κ3) is 3.76. The molecule has 0 aromatic heterocycles. The van der Waals surface area contributed by atoms with E-state index in [1.165, 1.54) is 22.3 Å². The minimum absolute atomic E-state index is 0.0193. The van der Waals surface area contributed by atoms with Crippen LogP contribution in [0.5, 0.6) is 11.5 Å². The predicted octanol–water partition coefficient (Wildman–Crippen LogP) is 3.86. The van der Waals surface area contributed by atoms with Crippen LogP contribution in [0.2, 0.25) is 0 Å². The third-order valence-corrected chi connectivity index (χ3v) is 7.14. The summed E-state index contributed by atoms with van der Waals surface area (Å²) in [4.78, 5) is 17.7. The molecule has 3 aromatic carbocycles. The summed E-state index contributed by atoms with van der Waals surface area (Å²) in [7, 11) is 0. The van der Waals surface area contributed by atoms with E-state index in [0.29, 0.717) is 24.6 Å². The van der Waals surface area contributed by atoms with E-state index >= 15 is 0 Å². The fourth-order valence-electron chi connectivity index (χ4n) is 5.43. The van der Waals surface area contributed by atoms with Gasteiger partial charge in [-0.3, -0.25) is 9.69 Å². The maximum Gasteiger partial charge on any atom is 0.267 e. The minimum atomic E-state index is -0.578. The second kappa shape index (κ2) is 8.56. The first kappa shape index (κ1) is 20.3. The van der Waals surface area contributed by atoms with E-state index in [4.69, 9.17) is 9.47 Å². The summed E-state index contributed by atoms with van der Waals surface area (Å²) in [6.07, 6.45) is 1.57. The lowest BCUT2D eigenvalue weighted by Gasteiger charge is -2.41. The first-order chi connectivity index (χ1) is 16.3. The summed E-state index contributed by atoms with van der Waals surface area (Å²) in [5.74, 6) is 1.37. The van der Waals surface area contributed by atoms with Gasteiger partial charge in [-0.05, 0) is 47.2 Å². The number of benzene rings is 3. The molecule has 3 aromatic rings. The molecular weight excluding hydrogens is 412 g/mol. The molecule has 0 spiro atoms. The molecule has 0 saturated carbocycles. The van der Waals surface area contributed by atoms with Gasteiger partial charge in [0.1, 0.15) is 6.61 Å². The van der Waals surface area contributed by atoms with Crippen LogP contribution >= 0.6 is 0 Å². The number of amides is 1. The van der Waals surface area contributed by atoms with Crippen LogP contribution < -0.4 is 9.47 Å². The summed E-state index contributed by atoms with van der Waals surface area (Å²) in [5.41, 5.74) is 5.68. The van der Waals surface area contributed by atoms with Crippen LogP contribution in [0.25, 0.3) is 0 Å². The van der Waals surface area contributed by atoms with Crippen molar-refractivity contribution in [1.82, 2.24) is 9.80 Å². The Morgan fingerprint density at radius 1 is 0.727 bits per heavy atom. The van der Waals surface area contributed by atoms with E-state index in [9.17, 15) is 4.79 Å². The van der Waals surface area contributed by atoms with Crippen molar-refractivity contribution in [3.63, 3.8) is 0 Å². The molecule has 1 amide bonds. The lowest BCUT2D eigenvalue weighted by Crippen LogP contribution is -2.54. The number of piperazine rings is 1. The molecule has 1 aliphatic carbocycles.